The van der Waals surface area contributed by atoms with Crippen molar-refractivity contribution in [1.29, 1.82) is 0 Å². The molecule has 1 aromatic rings. The van der Waals surface area contributed by atoms with Gasteiger partial charge in [0.15, 0.2) is 0 Å². The first-order valence-electron chi connectivity index (χ1n) is 8.17. The maximum absolute atomic E-state index is 14.6. The fourth-order valence-corrected chi connectivity index (χ4v) is 2.90. The Hall–Kier alpha value is -2.63. The number of hydrazine groups is 1. The molecule has 2 fully saturated rings. The van der Waals surface area contributed by atoms with Gasteiger partial charge in [-0.3, -0.25) is 15.2 Å². The fourth-order valence-electron chi connectivity index (χ4n) is 2.90. The van der Waals surface area contributed by atoms with E-state index in [4.69, 9.17) is 21.2 Å². The van der Waals surface area contributed by atoms with Crippen LogP contribution in [0.4, 0.5) is 25.4 Å². The first-order chi connectivity index (χ1) is 12.5. The van der Waals surface area contributed by atoms with E-state index in [2.05, 4.69) is 0 Å². The molecule has 0 aliphatic carbocycles. The zero-order valence-corrected chi connectivity index (χ0v) is 14.1. The quantitative estimate of drug-likeness (QED) is 0.381. The number of nitrogens with two attached hydrogens (primary N) is 2. The van der Waals surface area contributed by atoms with E-state index in [9.17, 15) is 14.0 Å². The van der Waals surface area contributed by atoms with Gasteiger partial charge in [-0.25, -0.2) is 24.9 Å². The molecule has 1 aromatic carbocycles. The van der Waals surface area contributed by atoms with Crippen LogP contribution in [-0.2, 0) is 9.57 Å². The second-order valence-electron chi connectivity index (χ2n) is 5.86. The third-order valence-electron chi connectivity index (χ3n) is 4.25. The van der Waals surface area contributed by atoms with Crippen LogP contribution in [0, 0.1) is 5.82 Å². The van der Waals surface area contributed by atoms with Crippen molar-refractivity contribution in [3.8, 4) is 0 Å². The summed E-state index contributed by atoms with van der Waals surface area (Å²) in [5, 5.41) is 1.10. The van der Waals surface area contributed by atoms with Gasteiger partial charge < -0.3 is 15.4 Å². The molecule has 1 atom stereocenters. The first kappa shape index (κ1) is 18.2. The van der Waals surface area contributed by atoms with Gasteiger partial charge in [-0.15, -0.1) is 0 Å². The number of nitrogens with zero attached hydrogens (tertiary/aromatic N) is 3. The summed E-state index contributed by atoms with van der Waals surface area (Å²) in [6.45, 7) is 1.68. The van der Waals surface area contributed by atoms with E-state index in [0.717, 1.165) is 5.06 Å². The number of cyclic esters (lactones) is 1. The Morgan fingerprint density at radius 3 is 2.81 bits per heavy atom. The van der Waals surface area contributed by atoms with Gasteiger partial charge in [0.05, 0.1) is 31.1 Å². The summed E-state index contributed by atoms with van der Waals surface area (Å²) in [5.74, 6) is 4.60. The number of carbonyl (C=O) groups is 2. The predicted octanol–water partition coefficient (Wildman–Crippen LogP) is -0.254. The molecular weight excluding hydrogens is 347 g/mol. The summed E-state index contributed by atoms with van der Waals surface area (Å²) in [7, 11) is 0. The number of hydrogen-bond acceptors (Lipinski definition) is 7. The Kier molecular flexibility index (Phi) is 5.40. The maximum atomic E-state index is 14.6. The summed E-state index contributed by atoms with van der Waals surface area (Å²) in [4.78, 5) is 31.8. The van der Waals surface area contributed by atoms with Gasteiger partial charge in [-0.2, -0.15) is 0 Å². The van der Waals surface area contributed by atoms with Gasteiger partial charge in [0, 0.05) is 19.6 Å². The Labute approximate surface area is 149 Å². The SMILES string of the molecule is NC[C@H]1CN(c2ccc(N3CCON(C(=O)NN)CC3)c(F)c2)C(=O)O1. The van der Waals surface area contributed by atoms with E-state index in [1.807, 2.05) is 5.43 Å². The topological polar surface area (TPSA) is 126 Å². The van der Waals surface area contributed by atoms with E-state index in [1.165, 1.54) is 11.0 Å². The number of amides is 3. The lowest BCUT2D eigenvalue weighted by Crippen LogP contribution is -2.44. The Morgan fingerprint density at radius 2 is 2.15 bits per heavy atom. The molecule has 2 saturated heterocycles. The maximum Gasteiger partial charge on any atom is 0.414 e. The third-order valence-corrected chi connectivity index (χ3v) is 4.25. The van der Waals surface area contributed by atoms with Crippen molar-refractivity contribution >= 4 is 23.5 Å². The molecule has 2 aliphatic heterocycles. The van der Waals surface area contributed by atoms with Crippen LogP contribution in [0.25, 0.3) is 0 Å². The van der Waals surface area contributed by atoms with Crippen LogP contribution >= 0.6 is 0 Å². The van der Waals surface area contributed by atoms with Crippen molar-refractivity contribution in [2.75, 3.05) is 49.1 Å². The molecule has 10 nitrogen and oxygen atoms in total. The van der Waals surface area contributed by atoms with Crippen LogP contribution in [0.1, 0.15) is 0 Å². The number of anilines is 2. The molecule has 11 heteroatoms. The largest absolute Gasteiger partial charge is 0.443 e. The van der Waals surface area contributed by atoms with Crippen LogP contribution < -0.4 is 26.8 Å². The summed E-state index contributed by atoms with van der Waals surface area (Å²) in [5.41, 5.74) is 8.26. The minimum Gasteiger partial charge on any atom is -0.443 e. The molecule has 5 N–H and O–H groups in total. The van der Waals surface area contributed by atoms with Crippen LogP contribution in [-0.4, -0.2) is 62.6 Å². The Balaban J connectivity index is 1.72. The van der Waals surface area contributed by atoms with Crippen molar-refractivity contribution in [2.24, 2.45) is 11.6 Å². The van der Waals surface area contributed by atoms with Crippen LogP contribution in [0.5, 0.6) is 0 Å². The van der Waals surface area contributed by atoms with Crippen molar-refractivity contribution in [1.82, 2.24) is 10.5 Å². The lowest BCUT2D eigenvalue weighted by Gasteiger charge is -2.23. The van der Waals surface area contributed by atoms with Crippen LogP contribution in [0.2, 0.25) is 0 Å². The van der Waals surface area contributed by atoms with E-state index in [1.54, 1.807) is 17.0 Å². The minimum atomic E-state index is -0.565. The number of nitrogens with one attached hydrogen (secondary N) is 1. The highest BCUT2D eigenvalue weighted by molar-refractivity contribution is 5.90. The summed E-state index contributed by atoms with van der Waals surface area (Å²) in [6.07, 6.45) is -0.938. The molecule has 3 rings (SSSR count). The molecule has 0 aromatic heterocycles. The molecule has 142 valence electrons. The predicted molar refractivity (Wildman–Crippen MR) is 90.7 cm³/mol. The second-order valence-corrected chi connectivity index (χ2v) is 5.86. The monoisotopic (exact) mass is 368 g/mol. The molecule has 0 radical (unpaired) electrons. The highest BCUT2D eigenvalue weighted by Gasteiger charge is 2.32. The standard InChI is InChI=1S/C15H21FN6O4/c16-12-7-10(21-9-11(8-17)26-15(21)24)1-2-13(12)20-3-4-22(14(23)19-18)25-6-5-20/h1-2,7,11H,3-6,8-9,17-18H2,(H,19,23)/t11-/m0/s1. The average Bonchev–Trinajstić information content (AvgIpc) is 2.86. The molecule has 0 spiro atoms. The fraction of sp³-hybridized carbons (Fsp3) is 0.467. The van der Waals surface area contributed by atoms with E-state index >= 15 is 0 Å². The summed E-state index contributed by atoms with van der Waals surface area (Å²) in [6, 6.07) is 3.96. The average molecular weight is 368 g/mol. The molecule has 0 saturated carbocycles. The smallest absolute Gasteiger partial charge is 0.414 e. The number of hydrogen-bond donors (Lipinski definition) is 3. The molecular formula is C15H21FN6O4. The molecule has 26 heavy (non-hydrogen) atoms. The van der Waals surface area contributed by atoms with E-state index < -0.39 is 24.0 Å². The summed E-state index contributed by atoms with van der Waals surface area (Å²) < 4.78 is 19.7. The third kappa shape index (κ3) is 3.64. The number of halogens is 1. The van der Waals surface area contributed by atoms with Gasteiger partial charge in [0.2, 0.25) is 0 Å². The van der Waals surface area contributed by atoms with Gasteiger partial charge in [-0.05, 0) is 18.2 Å². The zero-order chi connectivity index (χ0) is 18.7. The Morgan fingerprint density at radius 1 is 1.35 bits per heavy atom. The second kappa shape index (κ2) is 7.72. The lowest BCUT2D eigenvalue weighted by molar-refractivity contribution is -0.104. The lowest BCUT2D eigenvalue weighted by atomic mass is 10.2. The van der Waals surface area contributed by atoms with E-state index in [-0.39, 0.29) is 26.2 Å². The van der Waals surface area contributed by atoms with Gasteiger partial charge in [0.1, 0.15) is 11.9 Å². The summed E-state index contributed by atoms with van der Waals surface area (Å²) >= 11 is 0. The Bertz CT molecular complexity index is 690. The number of rotatable bonds is 3. The minimum absolute atomic E-state index is 0.200. The number of benzene rings is 1. The van der Waals surface area contributed by atoms with Crippen LogP contribution in [0.15, 0.2) is 18.2 Å². The normalized spacial score (nSPS) is 20.8. The molecule has 0 bridgehead atoms. The number of urea groups is 1. The first-order valence-corrected chi connectivity index (χ1v) is 8.17. The van der Waals surface area contributed by atoms with Crippen molar-refractivity contribution in [3.63, 3.8) is 0 Å². The van der Waals surface area contributed by atoms with Gasteiger partial charge in [-0.1, -0.05) is 0 Å². The highest BCUT2D eigenvalue weighted by atomic mass is 19.1. The highest BCUT2D eigenvalue weighted by Crippen LogP contribution is 2.28. The van der Waals surface area contributed by atoms with E-state index in [0.29, 0.717) is 24.5 Å². The molecule has 3 amide bonds. The number of carbonyl (C=O) groups excluding carboxylic acids is 2. The number of hydroxylamine groups is 2. The number of ether oxygens (including phenoxy) is 1. The molecule has 0 unspecified atom stereocenters. The van der Waals surface area contributed by atoms with Crippen molar-refractivity contribution < 1.29 is 23.6 Å². The van der Waals surface area contributed by atoms with Crippen molar-refractivity contribution in [3.05, 3.63) is 24.0 Å². The van der Waals surface area contributed by atoms with Gasteiger partial charge >= 0.3 is 12.1 Å². The zero-order valence-electron chi connectivity index (χ0n) is 14.1. The molecule has 2 heterocycles. The van der Waals surface area contributed by atoms with Crippen LogP contribution in [0.3, 0.4) is 0 Å². The van der Waals surface area contributed by atoms with Crippen molar-refractivity contribution in [2.45, 2.75) is 6.10 Å². The molecule has 2 aliphatic rings. The van der Waals surface area contributed by atoms with Gasteiger partial charge in [0.25, 0.3) is 0 Å².